The van der Waals surface area contributed by atoms with E-state index < -0.39 is 17.7 Å². The lowest BCUT2D eigenvalue weighted by atomic mass is 10.1. The largest absolute Gasteiger partial charge is 0.493 e. The van der Waals surface area contributed by atoms with Gasteiger partial charge in [-0.25, -0.2) is 0 Å². The summed E-state index contributed by atoms with van der Waals surface area (Å²) in [5.74, 6) is -0.278. The summed E-state index contributed by atoms with van der Waals surface area (Å²) in [4.78, 5) is 38.7. The van der Waals surface area contributed by atoms with Crippen LogP contribution in [0.1, 0.15) is 22.8 Å². The second-order valence-corrected chi connectivity index (χ2v) is 6.61. The van der Waals surface area contributed by atoms with Gasteiger partial charge in [0.05, 0.1) is 18.1 Å². The first-order valence-electron chi connectivity index (χ1n) is 9.50. The van der Waals surface area contributed by atoms with Crippen LogP contribution in [0.3, 0.4) is 0 Å². The summed E-state index contributed by atoms with van der Waals surface area (Å²) in [7, 11) is 1.35. The molecule has 31 heavy (non-hydrogen) atoms. The summed E-state index contributed by atoms with van der Waals surface area (Å²) < 4.78 is 35.9. The number of hydrogen-bond donors (Lipinski definition) is 2. The first kappa shape index (κ1) is 22.0. The van der Waals surface area contributed by atoms with Gasteiger partial charge < -0.3 is 24.3 Å². The van der Waals surface area contributed by atoms with Crippen LogP contribution < -0.4 is 25.9 Å². The van der Waals surface area contributed by atoms with Crippen LogP contribution in [-0.2, 0) is 13.0 Å². The van der Waals surface area contributed by atoms with E-state index in [9.17, 15) is 23.2 Å². The number of alkyl halides is 2. The highest BCUT2D eigenvalue weighted by molar-refractivity contribution is 5.97. The number of ether oxygens (including phenoxy) is 2. The lowest BCUT2D eigenvalue weighted by molar-refractivity contribution is -0.0512. The van der Waals surface area contributed by atoms with Gasteiger partial charge in [-0.2, -0.15) is 8.78 Å². The standard InChI is InChI=1S/C21H21F2N3O5/c1-3-26-15-6-5-13(11-14(15)25-19(28)20(26)29)18(27)24-9-8-12-4-7-16(30-2)17(10-12)31-21(22)23/h4-7,10-11,21H,3,8-9H2,1-2H3,(H,24,27)(H,25,28). The third-order valence-corrected chi connectivity index (χ3v) is 4.70. The lowest BCUT2D eigenvalue weighted by Gasteiger charge is -2.12. The minimum atomic E-state index is -2.98. The molecule has 3 aromatic rings. The molecule has 0 unspecified atom stereocenters. The van der Waals surface area contributed by atoms with Crippen molar-refractivity contribution in [1.82, 2.24) is 14.9 Å². The molecule has 0 aliphatic carbocycles. The molecule has 0 saturated heterocycles. The summed E-state index contributed by atoms with van der Waals surface area (Å²) in [6, 6.07) is 9.30. The quantitative estimate of drug-likeness (QED) is 0.531. The molecule has 0 spiro atoms. The maximum absolute atomic E-state index is 12.5. The van der Waals surface area contributed by atoms with Gasteiger partial charge in [0, 0.05) is 18.7 Å². The monoisotopic (exact) mass is 433 g/mol. The number of carbonyl (C=O) groups excluding carboxylic acids is 1. The summed E-state index contributed by atoms with van der Waals surface area (Å²) in [6.07, 6.45) is 0.370. The zero-order valence-electron chi connectivity index (χ0n) is 16.9. The van der Waals surface area contributed by atoms with Gasteiger partial charge in [-0.1, -0.05) is 6.07 Å². The maximum Gasteiger partial charge on any atom is 0.387 e. The van der Waals surface area contributed by atoms with Crippen molar-refractivity contribution in [1.29, 1.82) is 0 Å². The molecular weight excluding hydrogens is 412 g/mol. The van der Waals surface area contributed by atoms with Crippen molar-refractivity contribution in [3.05, 3.63) is 68.2 Å². The van der Waals surface area contributed by atoms with E-state index in [1.165, 1.54) is 29.9 Å². The predicted octanol–water partition coefficient (Wildman–Crippen LogP) is 2.29. The topological polar surface area (TPSA) is 102 Å². The van der Waals surface area contributed by atoms with Gasteiger partial charge in [-0.3, -0.25) is 14.4 Å². The fourth-order valence-electron chi connectivity index (χ4n) is 3.22. The SMILES string of the molecule is CCn1c(=O)c(=O)[nH]c2cc(C(=O)NCCc3ccc(OC)c(OC(F)F)c3)ccc21. The second kappa shape index (κ2) is 9.41. The molecule has 3 rings (SSSR count). The Kier molecular flexibility index (Phi) is 6.68. The van der Waals surface area contributed by atoms with Gasteiger partial charge in [-0.05, 0) is 49.2 Å². The van der Waals surface area contributed by atoms with E-state index in [4.69, 9.17) is 4.74 Å². The number of fused-ring (bicyclic) bond motifs is 1. The molecule has 1 heterocycles. The summed E-state index contributed by atoms with van der Waals surface area (Å²) >= 11 is 0. The zero-order chi connectivity index (χ0) is 22.5. The molecule has 1 aromatic heterocycles. The Bertz CT molecular complexity index is 1220. The molecule has 2 N–H and O–H groups in total. The second-order valence-electron chi connectivity index (χ2n) is 6.61. The lowest BCUT2D eigenvalue weighted by Crippen LogP contribution is -2.36. The number of rotatable bonds is 8. The van der Waals surface area contributed by atoms with Crippen LogP contribution in [0.15, 0.2) is 46.0 Å². The molecule has 0 fully saturated rings. The number of aromatic amines is 1. The third-order valence-electron chi connectivity index (χ3n) is 4.70. The van der Waals surface area contributed by atoms with Crippen molar-refractivity contribution in [3.8, 4) is 11.5 Å². The Morgan fingerprint density at radius 1 is 1.16 bits per heavy atom. The Labute approximate surface area is 175 Å². The Morgan fingerprint density at radius 2 is 1.94 bits per heavy atom. The highest BCUT2D eigenvalue weighted by Gasteiger charge is 2.13. The Morgan fingerprint density at radius 3 is 2.61 bits per heavy atom. The fraction of sp³-hybridized carbons (Fsp3) is 0.286. The average molecular weight is 433 g/mol. The first-order chi connectivity index (χ1) is 14.8. The van der Waals surface area contributed by atoms with Gasteiger partial charge in [0.15, 0.2) is 11.5 Å². The van der Waals surface area contributed by atoms with Crippen LogP contribution in [0.5, 0.6) is 11.5 Å². The summed E-state index contributed by atoms with van der Waals surface area (Å²) in [5.41, 5.74) is 0.471. The van der Waals surface area contributed by atoms with Gasteiger partial charge >= 0.3 is 17.7 Å². The Balaban J connectivity index is 1.71. The first-order valence-corrected chi connectivity index (χ1v) is 9.50. The van der Waals surface area contributed by atoms with Crippen molar-refractivity contribution >= 4 is 16.9 Å². The van der Waals surface area contributed by atoms with Gasteiger partial charge in [0.2, 0.25) is 0 Å². The highest BCUT2D eigenvalue weighted by atomic mass is 19.3. The molecule has 8 nitrogen and oxygen atoms in total. The number of methoxy groups -OCH3 is 1. The number of aryl methyl sites for hydroxylation is 1. The van der Waals surface area contributed by atoms with Gasteiger partial charge in [-0.15, -0.1) is 0 Å². The number of aromatic nitrogens is 2. The normalized spacial score (nSPS) is 11.0. The summed E-state index contributed by atoms with van der Waals surface area (Å²) in [5, 5.41) is 2.74. The van der Waals surface area contributed by atoms with Crippen LogP contribution >= 0.6 is 0 Å². The minimum Gasteiger partial charge on any atom is -0.493 e. The number of H-pyrrole nitrogens is 1. The molecule has 1 amide bonds. The van der Waals surface area contributed by atoms with Crippen molar-refractivity contribution in [2.45, 2.75) is 26.5 Å². The van der Waals surface area contributed by atoms with Gasteiger partial charge in [0.25, 0.3) is 5.91 Å². The number of halogens is 2. The van der Waals surface area contributed by atoms with Crippen molar-refractivity contribution in [2.24, 2.45) is 0 Å². The molecule has 2 aromatic carbocycles. The van der Waals surface area contributed by atoms with Crippen LogP contribution in [0.25, 0.3) is 11.0 Å². The molecule has 0 saturated carbocycles. The smallest absolute Gasteiger partial charge is 0.387 e. The van der Waals surface area contributed by atoms with E-state index in [2.05, 4.69) is 15.0 Å². The van der Waals surface area contributed by atoms with Crippen LogP contribution in [-0.4, -0.2) is 35.7 Å². The highest BCUT2D eigenvalue weighted by Crippen LogP contribution is 2.29. The molecule has 164 valence electrons. The number of amides is 1. The number of benzene rings is 2. The number of hydrogen-bond acceptors (Lipinski definition) is 5. The van der Waals surface area contributed by atoms with E-state index in [0.29, 0.717) is 35.1 Å². The van der Waals surface area contributed by atoms with Gasteiger partial charge in [0.1, 0.15) is 0 Å². The van der Waals surface area contributed by atoms with Crippen molar-refractivity contribution in [3.63, 3.8) is 0 Å². The molecule has 0 aliphatic heterocycles. The van der Waals surface area contributed by atoms with Crippen molar-refractivity contribution < 1.29 is 23.0 Å². The van der Waals surface area contributed by atoms with E-state index in [1.807, 2.05) is 0 Å². The van der Waals surface area contributed by atoms with Crippen LogP contribution in [0, 0.1) is 0 Å². The number of nitrogens with one attached hydrogen (secondary N) is 2. The zero-order valence-corrected chi connectivity index (χ0v) is 16.9. The minimum absolute atomic E-state index is 0.0817. The maximum atomic E-state index is 12.5. The van der Waals surface area contributed by atoms with Crippen LogP contribution in [0.2, 0.25) is 0 Å². The molecular formula is C21H21F2N3O5. The van der Waals surface area contributed by atoms with E-state index in [0.717, 1.165) is 0 Å². The third kappa shape index (κ3) is 4.90. The van der Waals surface area contributed by atoms with E-state index in [-0.39, 0.29) is 24.0 Å². The fourth-order valence-corrected chi connectivity index (χ4v) is 3.22. The molecule has 0 atom stereocenters. The average Bonchev–Trinajstić information content (AvgIpc) is 2.74. The molecule has 0 radical (unpaired) electrons. The Hall–Kier alpha value is -3.69. The summed E-state index contributed by atoms with van der Waals surface area (Å²) in [6.45, 7) is -0.670. The molecule has 0 bridgehead atoms. The number of nitrogens with zero attached hydrogens (tertiary/aromatic N) is 1. The van der Waals surface area contributed by atoms with E-state index >= 15 is 0 Å². The molecule has 0 aliphatic rings. The number of carbonyl (C=O) groups is 1. The predicted molar refractivity (Wildman–Crippen MR) is 110 cm³/mol. The van der Waals surface area contributed by atoms with E-state index in [1.54, 1.807) is 25.1 Å². The van der Waals surface area contributed by atoms with Crippen molar-refractivity contribution in [2.75, 3.05) is 13.7 Å². The molecule has 10 heteroatoms. The van der Waals surface area contributed by atoms with Crippen LogP contribution in [0.4, 0.5) is 8.78 Å².